The molecule has 1 aliphatic rings. The minimum atomic E-state index is -0.171. The molecule has 1 amide bonds. The van der Waals surface area contributed by atoms with E-state index in [2.05, 4.69) is 15.3 Å². The van der Waals surface area contributed by atoms with Gasteiger partial charge in [0.2, 0.25) is 5.91 Å². The Hall–Kier alpha value is -3.67. The highest BCUT2D eigenvalue weighted by Crippen LogP contribution is 2.20. The normalized spacial score (nSPS) is 14.0. The van der Waals surface area contributed by atoms with Gasteiger partial charge < -0.3 is 15.2 Å². The molecule has 1 aromatic carbocycles. The number of aromatic nitrogens is 2. The number of likely N-dealkylation sites (tertiary alicyclic amines) is 1. The number of nitrogens with one attached hydrogen (secondary N) is 2. The summed E-state index contributed by atoms with van der Waals surface area (Å²) in [6.45, 7) is 1.15. The second-order valence-electron chi connectivity index (χ2n) is 7.04. The number of anilines is 1. The SMILES string of the molecule is O=C(C=CCc1ccccc1)N1CC(Nc2cc(-c3ccncc3)c[nH]c2=O)C1. The van der Waals surface area contributed by atoms with Gasteiger partial charge in [0, 0.05) is 37.2 Å². The minimum Gasteiger partial charge on any atom is -0.374 e. The molecule has 1 aliphatic heterocycles. The number of carbonyl (C=O) groups excluding carboxylic acids is 1. The molecule has 0 atom stereocenters. The van der Waals surface area contributed by atoms with Crippen LogP contribution in [0.25, 0.3) is 11.1 Å². The number of aromatic amines is 1. The van der Waals surface area contributed by atoms with Crippen molar-refractivity contribution < 1.29 is 4.79 Å². The third-order valence-corrected chi connectivity index (χ3v) is 4.93. The van der Waals surface area contributed by atoms with E-state index >= 15 is 0 Å². The van der Waals surface area contributed by atoms with Crippen molar-refractivity contribution in [1.29, 1.82) is 0 Å². The summed E-state index contributed by atoms with van der Waals surface area (Å²) in [6.07, 6.45) is 9.38. The first-order valence-electron chi connectivity index (χ1n) is 9.58. The third-order valence-electron chi connectivity index (χ3n) is 4.93. The van der Waals surface area contributed by atoms with Gasteiger partial charge >= 0.3 is 0 Å². The molecule has 146 valence electrons. The van der Waals surface area contributed by atoms with Crippen LogP contribution in [0.4, 0.5) is 5.69 Å². The van der Waals surface area contributed by atoms with E-state index in [-0.39, 0.29) is 17.5 Å². The van der Waals surface area contributed by atoms with Gasteiger partial charge in [-0.2, -0.15) is 0 Å². The first-order chi connectivity index (χ1) is 14.2. The van der Waals surface area contributed by atoms with Crippen LogP contribution in [0.2, 0.25) is 0 Å². The fourth-order valence-corrected chi connectivity index (χ4v) is 3.29. The number of amides is 1. The fourth-order valence-electron chi connectivity index (χ4n) is 3.29. The number of hydrogen-bond acceptors (Lipinski definition) is 4. The molecule has 2 N–H and O–H groups in total. The predicted molar refractivity (Wildman–Crippen MR) is 114 cm³/mol. The van der Waals surface area contributed by atoms with Crippen molar-refractivity contribution in [3.05, 3.63) is 95.2 Å². The van der Waals surface area contributed by atoms with Gasteiger partial charge in [-0.05, 0) is 41.8 Å². The van der Waals surface area contributed by atoms with Crippen LogP contribution < -0.4 is 10.9 Å². The molecule has 2 aromatic heterocycles. The number of pyridine rings is 2. The van der Waals surface area contributed by atoms with Crippen LogP contribution in [0, 0.1) is 0 Å². The Kier molecular flexibility index (Phi) is 5.52. The molecular formula is C23H22N4O2. The summed E-state index contributed by atoms with van der Waals surface area (Å²) in [7, 11) is 0. The Balaban J connectivity index is 1.31. The van der Waals surface area contributed by atoms with Crippen molar-refractivity contribution in [2.45, 2.75) is 12.5 Å². The van der Waals surface area contributed by atoms with Crippen molar-refractivity contribution in [2.75, 3.05) is 18.4 Å². The molecule has 3 heterocycles. The van der Waals surface area contributed by atoms with Crippen molar-refractivity contribution in [3.8, 4) is 11.1 Å². The lowest BCUT2D eigenvalue weighted by molar-refractivity contribution is -0.129. The molecule has 6 nitrogen and oxygen atoms in total. The van der Waals surface area contributed by atoms with Gasteiger partial charge in [-0.3, -0.25) is 14.6 Å². The van der Waals surface area contributed by atoms with Gasteiger partial charge in [0.1, 0.15) is 5.69 Å². The van der Waals surface area contributed by atoms with Crippen molar-refractivity contribution in [3.63, 3.8) is 0 Å². The number of hydrogen-bond donors (Lipinski definition) is 2. The van der Waals surface area contributed by atoms with Crippen molar-refractivity contribution in [2.24, 2.45) is 0 Å². The average Bonchev–Trinajstić information content (AvgIpc) is 2.73. The number of carbonyl (C=O) groups is 1. The van der Waals surface area contributed by atoms with Gasteiger partial charge in [-0.15, -0.1) is 0 Å². The van der Waals surface area contributed by atoms with Crippen LogP contribution in [0.3, 0.4) is 0 Å². The molecule has 29 heavy (non-hydrogen) atoms. The number of allylic oxidation sites excluding steroid dienone is 1. The molecule has 0 spiro atoms. The minimum absolute atomic E-state index is 0.00146. The van der Waals surface area contributed by atoms with Gasteiger partial charge in [0.25, 0.3) is 5.56 Å². The highest BCUT2D eigenvalue weighted by molar-refractivity contribution is 5.88. The molecule has 0 saturated carbocycles. The van der Waals surface area contributed by atoms with Gasteiger partial charge in [-0.25, -0.2) is 0 Å². The summed E-state index contributed by atoms with van der Waals surface area (Å²) in [5.41, 5.74) is 3.40. The van der Waals surface area contributed by atoms with E-state index in [1.807, 2.05) is 54.6 Å². The maximum atomic E-state index is 12.3. The van der Waals surface area contributed by atoms with E-state index in [1.54, 1.807) is 29.6 Å². The number of benzene rings is 1. The van der Waals surface area contributed by atoms with E-state index in [4.69, 9.17) is 0 Å². The lowest BCUT2D eigenvalue weighted by Crippen LogP contribution is -2.57. The summed E-state index contributed by atoms with van der Waals surface area (Å²) in [5.74, 6) is -0.00146. The van der Waals surface area contributed by atoms with E-state index in [9.17, 15) is 9.59 Å². The predicted octanol–water partition coefficient (Wildman–Crippen LogP) is 2.86. The lowest BCUT2D eigenvalue weighted by atomic mass is 10.1. The largest absolute Gasteiger partial charge is 0.374 e. The first kappa shape index (κ1) is 18.7. The number of nitrogens with zero attached hydrogens (tertiary/aromatic N) is 2. The van der Waals surface area contributed by atoms with Crippen molar-refractivity contribution in [1.82, 2.24) is 14.9 Å². The Morgan fingerprint density at radius 3 is 2.66 bits per heavy atom. The quantitative estimate of drug-likeness (QED) is 0.639. The van der Waals surface area contributed by atoms with Crippen LogP contribution in [0.1, 0.15) is 5.56 Å². The average molecular weight is 386 g/mol. The molecule has 0 aliphatic carbocycles. The topological polar surface area (TPSA) is 78.1 Å². The van der Waals surface area contributed by atoms with Crippen LogP contribution in [0.15, 0.2) is 84.1 Å². The second kappa shape index (κ2) is 8.56. The zero-order valence-corrected chi connectivity index (χ0v) is 15.9. The highest BCUT2D eigenvalue weighted by atomic mass is 16.2. The molecule has 0 unspecified atom stereocenters. The van der Waals surface area contributed by atoms with Crippen LogP contribution >= 0.6 is 0 Å². The Bertz CT molecular complexity index is 1050. The smallest absolute Gasteiger partial charge is 0.271 e. The maximum absolute atomic E-state index is 12.3. The fraction of sp³-hybridized carbons (Fsp3) is 0.174. The number of H-pyrrole nitrogens is 1. The monoisotopic (exact) mass is 386 g/mol. The van der Waals surface area contributed by atoms with E-state index in [0.717, 1.165) is 17.5 Å². The lowest BCUT2D eigenvalue weighted by Gasteiger charge is -2.39. The summed E-state index contributed by atoms with van der Waals surface area (Å²) in [5, 5.41) is 3.25. The summed E-state index contributed by atoms with van der Waals surface area (Å²) < 4.78 is 0. The Morgan fingerprint density at radius 2 is 1.90 bits per heavy atom. The molecule has 6 heteroatoms. The summed E-state index contributed by atoms with van der Waals surface area (Å²) in [6, 6.07) is 15.7. The van der Waals surface area contributed by atoms with Gasteiger partial charge in [-0.1, -0.05) is 36.4 Å². The first-order valence-corrected chi connectivity index (χ1v) is 9.58. The zero-order valence-electron chi connectivity index (χ0n) is 15.9. The van der Waals surface area contributed by atoms with Crippen LogP contribution in [-0.2, 0) is 11.2 Å². The third kappa shape index (κ3) is 4.60. The molecular weight excluding hydrogens is 364 g/mol. The molecule has 0 radical (unpaired) electrons. The highest BCUT2D eigenvalue weighted by Gasteiger charge is 2.29. The molecule has 0 bridgehead atoms. The standard InChI is InChI=1S/C23H22N4O2/c28-22(8-4-7-17-5-2-1-3-6-17)27-15-20(16-27)26-21-13-19(14-25-23(21)29)18-9-11-24-12-10-18/h1-6,8-14,20,26H,7,15-16H2,(H,25,29). The molecule has 4 rings (SSSR count). The van der Waals surface area contributed by atoms with Crippen LogP contribution in [0.5, 0.6) is 0 Å². The molecule has 1 fully saturated rings. The van der Waals surface area contributed by atoms with E-state index < -0.39 is 0 Å². The summed E-state index contributed by atoms with van der Waals surface area (Å²) in [4.78, 5) is 33.0. The maximum Gasteiger partial charge on any atom is 0.271 e. The zero-order chi connectivity index (χ0) is 20.1. The number of rotatable bonds is 6. The van der Waals surface area contributed by atoms with E-state index in [0.29, 0.717) is 18.8 Å². The van der Waals surface area contributed by atoms with Crippen molar-refractivity contribution >= 4 is 11.6 Å². The van der Waals surface area contributed by atoms with Gasteiger partial charge in [0.15, 0.2) is 0 Å². The Labute approximate surface area is 168 Å². The Morgan fingerprint density at radius 1 is 1.14 bits per heavy atom. The molecule has 1 saturated heterocycles. The van der Waals surface area contributed by atoms with E-state index in [1.165, 1.54) is 5.56 Å². The molecule has 3 aromatic rings. The van der Waals surface area contributed by atoms with Crippen LogP contribution in [-0.4, -0.2) is 39.9 Å². The summed E-state index contributed by atoms with van der Waals surface area (Å²) >= 11 is 0. The van der Waals surface area contributed by atoms with Gasteiger partial charge in [0.05, 0.1) is 6.04 Å². The second-order valence-corrected chi connectivity index (χ2v) is 7.04.